The van der Waals surface area contributed by atoms with Crippen LogP contribution >= 0.6 is 15.9 Å². The Morgan fingerprint density at radius 2 is 2.04 bits per heavy atom. The molecule has 24 heavy (non-hydrogen) atoms. The van der Waals surface area contributed by atoms with Crippen LogP contribution in [-0.2, 0) is 4.74 Å². The van der Waals surface area contributed by atoms with E-state index < -0.39 is 11.7 Å². The van der Waals surface area contributed by atoms with E-state index in [9.17, 15) is 9.59 Å². The van der Waals surface area contributed by atoms with E-state index in [1.165, 1.54) is 0 Å². The average Bonchev–Trinajstić information content (AvgIpc) is 2.98. The number of para-hydroxylation sites is 1. The summed E-state index contributed by atoms with van der Waals surface area (Å²) in [5.41, 5.74) is -0.0481. The Labute approximate surface area is 147 Å². The molecule has 1 amide bonds. The number of benzene rings is 1. The van der Waals surface area contributed by atoms with Gasteiger partial charge in [-0.15, -0.1) is 4.68 Å². The van der Waals surface area contributed by atoms with Gasteiger partial charge in [0, 0.05) is 30.3 Å². The number of carbonyl (C=O) groups is 1. The number of tetrazole rings is 1. The third-order valence-electron chi connectivity index (χ3n) is 4.06. The van der Waals surface area contributed by atoms with E-state index in [1.807, 2.05) is 13.0 Å². The number of amides is 1. The van der Waals surface area contributed by atoms with Crippen molar-refractivity contribution in [3.63, 3.8) is 0 Å². The highest BCUT2D eigenvalue weighted by Crippen LogP contribution is 2.18. The third-order valence-corrected chi connectivity index (χ3v) is 4.73. The Balaban J connectivity index is 1.91. The molecule has 2 aromatic rings. The molecule has 0 radical (unpaired) electrons. The van der Waals surface area contributed by atoms with Crippen molar-refractivity contribution in [3.05, 3.63) is 39.2 Å². The molecule has 1 aliphatic rings. The van der Waals surface area contributed by atoms with Crippen LogP contribution in [0.1, 0.15) is 19.8 Å². The molecule has 2 heterocycles. The van der Waals surface area contributed by atoms with Gasteiger partial charge in [0.15, 0.2) is 0 Å². The van der Waals surface area contributed by atoms with Crippen LogP contribution in [0.2, 0.25) is 0 Å². The van der Waals surface area contributed by atoms with Gasteiger partial charge in [0.1, 0.15) is 0 Å². The first kappa shape index (κ1) is 16.8. The Hall–Kier alpha value is -2.00. The van der Waals surface area contributed by atoms with Gasteiger partial charge in [0.05, 0.1) is 5.69 Å². The summed E-state index contributed by atoms with van der Waals surface area (Å²) in [5.74, 6) is 0. The third kappa shape index (κ3) is 3.13. The Kier molecular flexibility index (Phi) is 5.10. The van der Waals surface area contributed by atoms with Crippen molar-refractivity contribution in [3.8, 4) is 5.69 Å². The van der Waals surface area contributed by atoms with E-state index in [0.29, 0.717) is 29.9 Å². The predicted molar refractivity (Wildman–Crippen MR) is 90.3 cm³/mol. The molecule has 0 bridgehead atoms. The van der Waals surface area contributed by atoms with Crippen LogP contribution in [-0.4, -0.2) is 56.5 Å². The molecule has 8 nitrogen and oxygen atoms in total. The van der Waals surface area contributed by atoms with E-state index >= 15 is 0 Å². The molecule has 0 atom stereocenters. The minimum absolute atomic E-state index is 0.0526. The molecule has 9 heteroatoms. The molecular formula is C15H18BrN5O3. The Morgan fingerprint density at radius 1 is 1.33 bits per heavy atom. The Morgan fingerprint density at radius 3 is 2.71 bits per heavy atom. The summed E-state index contributed by atoms with van der Waals surface area (Å²) in [4.78, 5) is 27.0. The van der Waals surface area contributed by atoms with Gasteiger partial charge in [0.2, 0.25) is 0 Å². The van der Waals surface area contributed by atoms with Crippen LogP contribution in [0.4, 0.5) is 4.79 Å². The monoisotopic (exact) mass is 395 g/mol. The highest BCUT2D eigenvalue weighted by molar-refractivity contribution is 9.10. The molecule has 0 saturated carbocycles. The van der Waals surface area contributed by atoms with Crippen molar-refractivity contribution >= 4 is 22.0 Å². The number of hydrogen-bond donors (Lipinski definition) is 0. The predicted octanol–water partition coefficient (Wildman–Crippen LogP) is 1.66. The zero-order valence-corrected chi connectivity index (χ0v) is 14.8. The molecule has 3 rings (SSSR count). The number of ether oxygens (including phenoxy) is 1. The second-order valence-electron chi connectivity index (χ2n) is 5.45. The zero-order valence-electron chi connectivity index (χ0n) is 13.3. The maximum Gasteiger partial charge on any atom is 0.377 e. The van der Waals surface area contributed by atoms with Crippen LogP contribution in [0.5, 0.6) is 0 Å². The lowest BCUT2D eigenvalue weighted by atomic mass is 10.1. The van der Waals surface area contributed by atoms with Gasteiger partial charge in [-0.05, 0) is 58.3 Å². The summed E-state index contributed by atoms with van der Waals surface area (Å²) in [6.07, 6.45) is 1.51. The first-order valence-electron chi connectivity index (χ1n) is 7.82. The molecular weight excluding hydrogens is 378 g/mol. The van der Waals surface area contributed by atoms with Crippen LogP contribution in [0.15, 0.2) is 33.5 Å². The fourth-order valence-corrected chi connectivity index (χ4v) is 3.26. The molecule has 0 unspecified atom stereocenters. The van der Waals surface area contributed by atoms with Crippen molar-refractivity contribution in [2.45, 2.75) is 25.8 Å². The smallest absolute Gasteiger partial charge is 0.377 e. The van der Waals surface area contributed by atoms with Crippen molar-refractivity contribution < 1.29 is 9.53 Å². The van der Waals surface area contributed by atoms with Gasteiger partial charge >= 0.3 is 11.7 Å². The van der Waals surface area contributed by atoms with Crippen LogP contribution in [0.3, 0.4) is 0 Å². The molecule has 0 spiro atoms. The number of hydrogen-bond acceptors (Lipinski definition) is 5. The van der Waals surface area contributed by atoms with Gasteiger partial charge < -0.3 is 9.64 Å². The van der Waals surface area contributed by atoms with E-state index in [0.717, 1.165) is 22.2 Å². The van der Waals surface area contributed by atoms with E-state index in [-0.39, 0.29) is 6.04 Å². The second kappa shape index (κ2) is 7.27. The van der Waals surface area contributed by atoms with E-state index in [1.54, 1.807) is 23.1 Å². The van der Waals surface area contributed by atoms with Crippen LogP contribution < -0.4 is 5.69 Å². The second-order valence-corrected chi connectivity index (χ2v) is 6.30. The summed E-state index contributed by atoms with van der Waals surface area (Å²) >= 11 is 3.37. The number of carbonyl (C=O) groups excluding carboxylic acids is 1. The van der Waals surface area contributed by atoms with Gasteiger partial charge in [-0.1, -0.05) is 12.1 Å². The highest BCUT2D eigenvalue weighted by Gasteiger charge is 2.28. The Bertz CT molecular complexity index is 781. The zero-order chi connectivity index (χ0) is 17.1. The summed E-state index contributed by atoms with van der Waals surface area (Å²) in [7, 11) is 0. The van der Waals surface area contributed by atoms with Crippen molar-refractivity contribution in [2.24, 2.45) is 0 Å². The lowest BCUT2D eigenvalue weighted by molar-refractivity contribution is 0.0468. The van der Waals surface area contributed by atoms with Gasteiger partial charge in [-0.25, -0.2) is 9.59 Å². The maximum absolute atomic E-state index is 12.7. The van der Waals surface area contributed by atoms with Gasteiger partial charge in [-0.3, -0.25) is 0 Å². The number of halogens is 1. The molecule has 1 aromatic heterocycles. The van der Waals surface area contributed by atoms with Crippen molar-refractivity contribution in [2.75, 3.05) is 19.8 Å². The molecule has 1 aliphatic heterocycles. The average molecular weight is 396 g/mol. The first-order valence-corrected chi connectivity index (χ1v) is 8.61. The minimum atomic E-state index is -0.586. The minimum Gasteiger partial charge on any atom is -0.381 e. The van der Waals surface area contributed by atoms with Crippen molar-refractivity contribution in [1.29, 1.82) is 0 Å². The molecule has 1 saturated heterocycles. The lowest BCUT2D eigenvalue weighted by Crippen LogP contribution is -2.48. The molecule has 0 aliphatic carbocycles. The van der Waals surface area contributed by atoms with Crippen LogP contribution in [0, 0.1) is 0 Å². The molecule has 1 fully saturated rings. The fourth-order valence-electron chi connectivity index (χ4n) is 2.81. The summed E-state index contributed by atoms with van der Waals surface area (Å²) in [6.45, 7) is 3.62. The SMILES string of the molecule is CCN(C(=O)n1nnn(-c2ccccc2Br)c1=O)C1CCOCC1. The van der Waals surface area contributed by atoms with Crippen LogP contribution in [0.25, 0.3) is 5.69 Å². The lowest BCUT2D eigenvalue weighted by Gasteiger charge is -2.32. The first-order chi connectivity index (χ1) is 11.6. The van der Waals surface area contributed by atoms with Gasteiger partial charge in [-0.2, -0.15) is 4.68 Å². The number of rotatable bonds is 3. The molecule has 0 N–H and O–H groups in total. The summed E-state index contributed by atoms with van der Waals surface area (Å²) in [5, 5.41) is 7.62. The largest absolute Gasteiger partial charge is 0.381 e. The molecule has 1 aromatic carbocycles. The summed E-state index contributed by atoms with van der Waals surface area (Å²) in [6, 6.07) is 6.74. The standard InChI is InChI=1S/C15H18BrN5O3/c1-2-19(11-7-9-24-10-8-11)14(22)21-15(23)20(17-18-21)13-6-4-3-5-12(13)16/h3-6,11H,2,7-10H2,1H3. The van der Waals surface area contributed by atoms with E-state index in [4.69, 9.17) is 4.74 Å². The number of nitrogens with zero attached hydrogens (tertiary/aromatic N) is 5. The fraction of sp³-hybridized carbons (Fsp3) is 0.467. The number of aromatic nitrogens is 4. The highest BCUT2D eigenvalue weighted by atomic mass is 79.9. The molecule has 128 valence electrons. The van der Waals surface area contributed by atoms with Gasteiger partial charge in [0.25, 0.3) is 0 Å². The maximum atomic E-state index is 12.7. The van der Waals surface area contributed by atoms with Crippen molar-refractivity contribution in [1.82, 2.24) is 24.7 Å². The normalized spacial score (nSPS) is 15.4. The quantitative estimate of drug-likeness (QED) is 0.738. The topological polar surface area (TPSA) is 82.3 Å². The van der Waals surface area contributed by atoms with E-state index in [2.05, 4.69) is 26.4 Å². The summed E-state index contributed by atoms with van der Waals surface area (Å²) < 4.78 is 7.96.